The van der Waals surface area contributed by atoms with E-state index in [-0.39, 0.29) is 11.8 Å². The number of likely N-dealkylation sites (tertiary alicyclic amines) is 1. The van der Waals surface area contributed by atoms with E-state index < -0.39 is 16.2 Å². The van der Waals surface area contributed by atoms with Crippen molar-refractivity contribution in [3.05, 3.63) is 29.8 Å². The predicted molar refractivity (Wildman–Crippen MR) is 101 cm³/mol. The fourth-order valence-electron chi connectivity index (χ4n) is 3.92. The predicted octanol–water partition coefficient (Wildman–Crippen LogP) is 1.91. The summed E-state index contributed by atoms with van der Waals surface area (Å²) in [4.78, 5) is 17.0. The van der Waals surface area contributed by atoms with Gasteiger partial charge in [0.2, 0.25) is 15.9 Å². The summed E-state index contributed by atoms with van der Waals surface area (Å²) in [6, 6.07) is 6.92. The van der Waals surface area contributed by atoms with Crippen molar-refractivity contribution >= 4 is 15.9 Å². The summed E-state index contributed by atoms with van der Waals surface area (Å²) in [5.74, 6) is 0.0625. The molecule has 3 rings (SSSR count). The Bertz CT molecular complexity index is 740. The Kier molecular flexibility index (Phi) is 5.69. The molecule has 6 nitrogen and oxygen atoms in total. The van der Waals surface area contributed by atoms with Gasteiger partial charge in [0.25, 0.3) is 0 Å². The van der Waals surface area contributed by atoms with Crippen LogP contribution in [0.5, 0.6) is 0 Å². The topological polar surface area (TPSA) is 60.9 Å². The number of sulfonamides is 1. The molecule has 2 saturated heterocycles. The van der Waals surface area contributed by atoms with Crippen molar-refractivity contribution in [3.63, 3.8) is 0 Å². The van der Waals surface area contributed by atoms with Gasteiger partial charge in [-0.2, -0.15) is 4.31 Å². The van der Waals surface area contributed by atoms with Crippen molar-refractivity contribution in [2.45, 2.75) is 44.7 Å². The number of aryl methyl sites for hydroxylation is 1. The van der Waals surface area contributed by atoms with Gasteiger partial charge in [0.15, 0.2) is 0 Å². The Morgan fingerprint density at radius 1 is 1.08 bits per heavy atom. The summed E-state index contributed by atoms with van der Waals surface area (Å²) in [6.07, 6.45) is 1.85. The van der Waals surface area contributed by atoms with Crippen molar-refractivity contribution in [2.75, 3.05) is 32.7 Å². The van der Waals surface area contributed by atoms with Crippen LogP contribution in [-0.2, 0) is 14.8 Å². The maximum absolute atomic E-state index is 13.2. The minimum absolute atomic E-state index is 0.0280. The summed E-state index contributed by atoms with van der Waals surface area (Å²) in [6.45, 7) is 9.00. The van der Waals surface area contributed by atoms with Crippen LogP contribution in [-0.4, -0.2) is 67.3 Å². The first-order valence-corrected chi connectivity index (χ1v) is 10.8. The van der Waals surface area contributed by atoms with Crippen molar-refractivity contribution in [1.29, 1.82) is 0 Å². The van der Waals surface area contributed by atoms with Crippen molar-refractivity contribution in [1.82, 2.24) is 14.1 Å². The first-order chi connectivity index (χ1) is 12.3. The van der Waals surface area contributed by atoms with Crippen LogP contribution in [0.3, 0.4) is 0 Å². The van der Waals surface area contributed by atoms with E-state index in [0.717, 1.165) is 31.5 Å². The molecule has 1 aromatic rings. The Balaban J connectivity index is 1.81. The number of hydrogen-bond donors (Lipinski definition) is 0. The van der Waals surface area contributed by atoms with E-state index in [0.29, 0.717) is 24.5 Å². The van der Waals surface area contributed by atoms with Gasteiger partial charge < -0.3 is 4.90 Å². The fourth-order valence-corrected chi connectivity index (χ4v) is 5.64. The highest BCUT2D eigenvalue weighted by atomic mass is 32.2. The monoisotopic (exact) mass is 379 g/mol. The summed E-state index contributed by atoms with van der Waals surface area (Å²) in [7, 11) is -3.62. The van der Waals surface area contributed by atoms with Crippen LogP contribution in [0.15, 0.2) is 29.2 Å². The Morgan fingerprint density at radius 3 is 2.27 bits per heavy atom. The number of rotatable bonds is 5. The zero-order valence-electron chi connectivity index (χ0n) is 15.9. The summed E-state index contributed by atoms with van der Waals surface area (Å²) >= 11 is 0. The van der Waals surface area contributed by atoms with Crippen LogP contribution in [0.1, 0.15) is 32.3 Å². The lowest BCUT2D eigenvalue weighted by atomic mass is 10.1. The highest BCUT2D eigenvalue weighted by Gasteiger charge is 2.43. The van der Waals surface area contributed by atoms with Crippen LogP contribution >= 0.6 is 0 Å². The SMILES string of the molecule is Cc1ccc(S(=O)(=O)N2CCN(C(=O)CN3CCCC3)C2C(C)C)cc1. The number of amides is 1. The molecule has 1 amide bonds. The molecule has 144 valence electrons. The molecule has 0 radical (unpaired) electrons. The largest absolute Gasteiger partial charge is 0.323 e. The fraction of sp³-hybridized carbons (Fsp3) is 0.632. The third-order valence-electron chi connectivity index (χ3n) is 5.28. The second-order valence-electron chi connectivity index (χ2n) is 7.66. The van der Waals surface area contributed by atoms with Gasteiger partial charge in [-0.3, -0.25) is 9.69 Å². The lowest BCUT2D eigenvalue weighted by Crippen LogP contribution is -2.49. The molecule has 2 heterocycles. The third-order valence-corrected chi connectivity index (χ3v) is 7.16. The number of carbonyl (C=O) groups is 1. The molecule has 26 heavy (non-hydrogen) atoms. The van der Waals surface area contributed by atoms with E-state index in [2.05, 4.69) is 4.90 Å². The second-order valence-corrected chi connectivity index (χ2v) is 9.55. The Hall–Kier alpha value is -1.44. The lowest BCUT2D eigenvalue weighted by Gasteiger charge is -2.33. The molecule has 0 saturated carbocycles. The van der Waals surface area contributed by atoms with E-state index >= 15 is 0 Å². The molecule has 0 aliphatic carbocycles. The van der Waals surface area contributed by atoms with Crippen LogP contribution in [0.4, 0.5) is 0 Å². The van der Waals surface area contributed by atoms with Crippen molar-refractivity contribution in [3.8, 4) is 0 Å². The first-order valence-electron chi connectivity index (χ1n) is 9.41. The maximum Gasteiger partial charge on any atom is 0.244 e. The zero-order chi connectivity index (χ0) is 18.9. The molecule has 0 N–H and O–H groups in total. The number of carbonyl (C=O) groups excluding carboxylic acids is 1. The van der Waals surface area contributed by atoms with Gasteiger partial charge in [0.05, 0.1) is 11.4 Å². The minimum atomic E-state index is -3.62. The first kappa shape index (κ1) is 19.3. The lowest BCUT2D eigenvalue weighted by molar-refractivity contribution is -0.134. The zero-order valence-corrected chi connectivity index (χ0v) is 16.7. The molecule has 7 heteroatoms. The standard InChI is InChI=1S/C19H29N3O3S/c1-15(2)19-21(18(23)14-20-10-4-5-11-20)12-13-22(19)26(24,25)17-8-6-16(3)7-9-17/h6-9,15,19H,4-5,10-14H2,1-3H3. The summed E-state index contributed by atoms with van der Waals surface area (Å²) in [5, 5.41) is 0. The van der Waals surface area contributed by atoms with Gasteiger partial charge in [-0.15, -0.1) is 0 Å². The van der Waals surface area contributed by atoms with Crippen molar-refractivity contribution < 1.29 is 13.2 Å². The van der Waals surface area contributed by atoms with Gasteiger partial charge in [-0.05, 0) is 50.9 Å². The molecule has 2 aliphatic rings. The number of nitrogens with zero attached hydrogens (tertiary/aromatic N) is 3. The van der Waals surface area contributed by atoms with E-state index in [9.17, 15) is 13.2 Å². The van der Waals surface area contributed by atoms with E-state index in [1.54, 1.807) is 17.0 Å². The number of hydrogen-bond acceptors (Lipinski definition) is 4. The number of benzene rings is 1. The second kappa shape index (κ2) is 7.66. The molecule has 1 aromatic carbocycles. The van der Waals surface area contributed by atoms with Gasteiger partial charge in [-0.25, -0.2) is 8.42 Å². The van der Waals surface area contributed by atoms with Crippen LogP contribution in [0, 0.1) is 12.8 Å². The average molecular weight is 380 g/mol. The van der Waals surface area contributed by atoms with Gasteiger partial charge in [0.1, 0.15) is 6.17 Å². The summed E-state index contributed by atoms with van der Waals surface area (Å²) in [5.41, 5.74) is 1.02. The highest BCUT2D eigenvalue weighted by molar-refractivity contribution is 7.89. The molecule has 2 aliphatic heterocycles. The van der Waals surface area contributed by atoms with Crippen LogP contribution in [0.25, 0.3) is 0 Å². The molecule has 0 bridgehead atoms. The van der Waals surface area contributed by atoms with Gasteiger partial charge in [0, 0.05) is 13.1 Å². The van der Waals surface area contributed by atoms with E-state index in [1.165, 1.54) is 4.31 Å². The van der Waals surface area contributed by atoms with E-state index in [4.69, 9.17) is 0 Å². The molecular weight excluding hydrogens is 350 g/mol. The molecule has 1 atom stereocenters. The molecule has 0 aromatic heterocycles. The third kappa shape index (κ3) is 3.80. The van der Waals surface area contributed by atoms with E-state index in [1.807, 2.05) is 32.9 Å². The maximum atomic E-state index is 13.2. The van der Waals surface area contributed by atoms with Crippen LogP contribution in [0.2, 0.25) is 0 Å². The molecule has 1 unspecified atom stereocenters. The molecule has 0 spiro atoms. The van der Waals surface area contributed by atoms with Crippen LogP contribution < -0.4 is 0 Å². The molecule has 2 fully saturated rings. The minimum Gasteiger partial charge on any atom is -0.323 e. The molecular formula is C19H29N3O3S. The smallest absolute Gasteiger partial charge is 0.244 e. The average Bonchev–Trinajstić information content (AvgIpc) is 3.24. The van der Waals surface area contributed by atoms with Gasteiger partial charge in [-0.1, -0.05) is 31.5 Å². The quantitative estimate of drug-likeness (QED) is 0.784. The normalized spacial score (nSPS) is 22.5. The Labute approximate surface area is 156 Å². The highest BCUT2D eigenvalue weighted by Crippen LogP contribution is 2.29. The Morgan fingerprint density at radius 2 is 1.69 bits per heavy atom. The van der Waals surface area contributed by atoms with Gasteiger partial charge >= 0.3 is 0 Å². The summed E-state index contributed by atoms with van der Waals surface area (Å²) < 4.78 is 27.8. The van der Waals surface area contributed by atoms with Crippen molar-refractivity contribution in [2.24, 2.45) is 5.92 Å².